The van der Waals surface area contributed by atoms with Crippen molar-refractivity contribution < 1.29 is 9.53 Å². The van der Waals surface area contributed by atoms with Gasteiger partial charge in [0.05, 0.1) is 6.61 Å². The lowest BCUT2D eigenvalue weighted by atomic mass is 9.90. The van der Waals surface area contributed by atoms with Gasteiger partial charge in [-0.25, -0.2) is 4.79 Å². The van der Waals surface area contributed by atoms with Gasteiger partial charge >= 0.3 is 5.97 Å². The van der Waals surface area contributed by atoms with Gasteiger partial charge < -0.3 is 4.74 Å². The second-order valence-electron chi connectivity index (χ2n) is 3.69. The van der Waals surface area contributed by atoms with Crippen molar-refractivity contribution in [2.45, 2.75) is 32.1 Å². The van der Waals surface area contributed by atoms with E-state index in [0.717, 1.165) is 12.8 Å². The summed E-state index contributed by atoms with van der Waals surface area (Å²) in [7, 11) is 0. The van der Waals surface area contributed by atoms with Crippen molar-refractivity contribution in [3.63, 3.8) is 0 Å². The molecule has 1 rings (SSSR count). The van der Waals surface area contributed by atoms with Crippen LogP contribution in [0.25, 0.3) is 0 Å². The predicted octanol–water partition coefficient (Wildman–Crippen LogP) is 2.19. The molecule has 3 heteroatoms. The Morgan fingerprint density at radius 1 is 1.43 bits per heavy atom. The van der Waals surface area contributed by atoms with Crippen molar-refractivity contribution in [3.8, 4) is 6.07 Å². The van der Waals surface area contributed by atoms with Crippen LogP contribution in [-0.2, 0) is 9.53 Å². The van der Waals surface area contributed by atoms with Crippen LogP contribution in [0.3, 0.4) is 0 Å². The van der Waals surface area contributed by atoms with E-state index in [4.69, 9.17) is 10.00 Å². The zero-order valence-electron chi connectivity index (χ0n) is 8.29. The zero-order chi connectivity index (χ0) is 10.4. The fourth-order valence-electron chi connectivity index (χ4n) is 1.68. The van der Waals surface area contributed by atoms with E-state index in [1.165, 1.54) is 19.3 Å². The van der Waals surface area contributed by atoms with Crippen LogP contribution in [0.4, 0.5) is 0 Å². The van der Waals surface area contributed by atoms with Gasteiger partial charge in [0.15, 0.2) is 0 Å². The molecule has 0 heterocycles. The van der Waals surface area contributed by atoms with E-state index >= 15 is 0 Å². The first-order valence-electron chi connectivity index (χ1n) is 5.00. The highest BCUT2D eigenvalue weighted by Crippen LogP contribution is 2.23. The molecule has 1 aliphatic rings. The second kappa shape index (κ2) is 5.43. The quantitative estimate of drug-likeness (QED) is 0.392. The summed E-state index contributed by atoms with van der Waals surface area (Å²) in [5, 5.41) is 8.39. The predicted molar refractivity (Wildman–Crippen MR) is 52.3 cm³/mol. The Morgan fingerprint density at radius 2 is 2.07 bits per heavy atom. The van der Waals surface area contributed by atoms with Gasteiger partial charge in [-0.3, -0.25) is 0 Å². The minimum Gasteiger partial charge on any atom is -0.461 e. The molecule has 0 amide bonds. The lowest BCUT2D eigenvalue weighted by molar-refractivity contribution is -0.140. The van der Waals surface area contributed by atoms with Crippen LogP contribution < -0.4 is 0 Å². The molecule has 0 atom stereocenters. The maximum Gasteiger partial charge on any atom is 0.348 e. The number of ether oxygens (including phenoxy) is 1. The van der Waals surface area contributed by atoms with Gasteiger partial charge in [0.2, 0.25) is 0 Å². The topological polar surface area (TPSA) is 50.1 Å². The Bertz CT molecular complexity index is 259. The third-order valence-corrected chi connectivity index (χ3v) is 2.56. The van der Waals surface area contributed by atoms with Crippen LogP contribution in [0.15, 0.2) is 12.2 Å². The number of esters is 1. The maximum atomic E-state index is 11.1. The highest BCUT2D eigenvalue weighted by atomic mass is 16.5. The van der Waals surface area contributed by atoms with Gasteiger partial charge in [-0.2, -0.15) is 5.26 Å². The molecule has 76 valence electrons. The maximum absolute atomic E-state index is 11.1. The highest BCUT2D eigenvalue weighted by molar-refractivity contribution is 5.91. The second-order valence-corrected chi connectivity index (χ2v) is 3.69. The molecule has 0 aliphatic heterocycles. The Morgan fingerprint density at radius 3 is 2.64 bits per heavy atom. The van der Waals surface area contributed by atoms with Gasteiger partial charge in [-0.15, -0.1) is 0 Å². The third kappa shape index (κ3) is 3.21. The third-order valence-electron chi connectivity index (χ3n) is 2.56. The SMILES string of the molecule is C=C(C#N)C(=O)OCC1CCCCC1. The molecule has 0 radical (unpaired) electrons. The van der Waals surface area contributed by atoms with Crippen molar-refractivity contribution in [3.05, 3.63) is 12.2 Å². The highest BCUT2D eigenvalue weighted by Gasteiger charge is 2.16. The molecule has 14 heavy (non-hydrogen) atoms. The molecular weight excluding hydrogens is 178 g/mol. The summed E-state index contributed by atoms with van der Waals surface area (Å²) in [5.41, 5.74) is -0.110. The van der Waals surface area contributed by atoms with Crippen LogP contribution in [0.5, 0.6) is 0 Å². The summed E-state index contributed by atoms with van der Waals surface area (Å²) < 4.78 is 4.97. The van der Waals surface area contributed by atoms with Crippen LogP contribution in [0, 0.1) is 17.2 Å². The molecular formula is C11H15NO2. The van der Waals surface area contributed by atoms with Crippen molar-refractivity contribution in [1.29, 1.82) is 5.26 Å². The monoisotopic (exact) mass is 193 g/mol. The lowest BCUT2D eigenvalue weighted by Crippen LogP contribution is -2.17. The summed E-state index contributed by atoms with van der Waals surface area (Å²) in [4.78, 5) is 11.1. The minimum absolute atomic E-state index is 0.110. The standard InChI is InChI=1S/C11H15NO2/c1-9(7-12)11(13)14-8-10-5-3-2-4-6-10/h10H,1-6,8H2. The van der Waals surface area contributed by atoms with Crippen molar-refractivity contribution >= 4 is 5.97 Å². The summed E-state index contributed by atoms with van der Waals surface area (Å²) in [6.07, 6.45) is 6.00. The molecule has 0 aromatic rings. The van der Waals surface area contributed by atoms with Gasteiger partial charge in [0.1, 0.15) is 11.6 Å². The van der Waals surface area contributed by atoms with Crippen LogP contribution in [0.1, 0.15) is 32.1 Å². The van der Waals surface area contributed by atoms with E-state index < -0.39 is 5.97 Å². The summed E-state index contributed by atoms with van der Waals surface area (Å²) in [6.45, 7) is 3.75. The van der Waals surface area contributed by atoms with Crippen LogP contribution in [-0.4, -0.2) is 12.6 Å². The molecule has 0 aromatic carbocycles. The van der Waals surface area contributed by atoms with Gasteiger partial charge in [-0.1, -0.05) is 25.8 Å². The molecule has 0 bridgehead atoms. The minimum atomic E-state index is -0.571. The first-order chi connectivity index (χ1) is 6.74. The molecule has 0 spiro atoms. The number of carbonyl (C=O) groups excluding carboxylic acids is 1. The lowest BCUT2D eigenvalue weighted by Gasteiger charge is -2.20. The fourth-order valence-corrected chi connectivity index (χ4v) is 1.68. The Labute approximate surface area is 84.4 Å². The average Bonchev–Trinajstić information content (AvgIpc) is 2.26. The number of nitriles is 1. The van der Waals surface area contributed by atoms with E-state index in [-0.39, 0.29) is 5.57 Å². The molecule has 1 aliphatic carbocycles. The van der Waals surface area contributed by atoms with Gasteiger partial charge in [0, 0.05) is 0 Å². The van der Waals surface area contributed by atoms with Gasteiger partial charge in [0.25, 0.3) is 0 Å². The zero-order valence-corrected chi connectivity index (χ0v) is 8.29. The fraction of sp³-hybridized carbons (Fsp3) is 0.636. The normalized spacial score (nSPS) is 17.1. The smallest absolute Gasteiger partial charge is 0.348 e. The first-order valence-corrected chi connectivity index (χ1v) is 5.00. The van der Waals surface area contributed by atoms with Crippen molar-refractivity contribution in [1.82, 2.24) is 0 Å². The number of hydrogen-bond acceptors (Lipinski definition) is 3. The molecule has 3 nitrogen and oxygen atoms in total. The van der Waals surface area contributed by atoms with E-state index in [0.29, 0.717) is 12.5 Å². The Balaban J connectivity index is 2.23. The Hall–Kier alpha value is -1.30. The molecule has 1 fully saturated rings. The van der Waals surface area contributed by atoms with E-state index in [9.17, 15) is 4.79 Å². The summed E-state index contributed by atoms with van der Waals surface area (Å²) >= 11 is 0. The molecule has 0 unspecified atom stereocenters. The van der Waals surface area contributed by atoms with Crippen molar-refractivity contribution in [2.24, 2.45) is 5.92 Å². The summed E-state index contributed by atoms with van der Waals surface area (Å²) in [6, 6.07) is 1.68. The number of nitrogens with zero attached hydrogens (tertiary/aromatic N) is 1. The largest absolute Gasteiger partial charge is 0.461 e. The van der Waals surface area contributed by atoms with E-state index in [1.54, 1.807) is 6.07 Å². The van der Waals surface area contributed by atoms with Crippen LogP contribution >= 0.6 is 0 Å². The van der Waals surface area contributed by atoms with Crippen LogP contribution in [0.2, 0.25) is 0 Å². The molecule has 0 N–H and O–H groups in total. The van der Waals surface area contributed by atoms with E-state index in [2.05, 4.69) is 6.58 Å². The number of carbonyl (C=O) groups is 1. The number of rotatable bonds is 3. The van der Waals surface area contributed by atoms with Crippen molar-refractivity contribution in [2.75, 3.05) is 6.61 Å². The number of hydrogen-bond donors (Lipinski definition) is 0. The molecule has 1 saturated carbocycles. The Kier molecular flexibility index (Phi) is 4.18. The van der Waals surface area contributed by atoms with Gasteiger partial charge in [-0.05, 0) is 18.8 Å². The first kappa shape index (κ1) is 10.8. The molecule has 0 saturated heterocycles. The summed E-state index contributed by atoms with van der Waals surface area (Å²) in [5.74, 6) is -0.0859. The molecule has 0 aromatic heterocycles. The van der Waals surface area contributed by atoms with E-state index in [1.807, 2.05) is 0 Å². The average molecular weight is 193 g/mol.